The van der Waals surface area contributed by atoms with Crippen LogP contribution >= 0.6 is 0 Å². The zero-order valence-electron chi connectivity index (χ0n) is 11.2. The summed E-state index contributed by atoms with van der Waals surface area (Å²) in [6.45, 7) is 5.89. The molecule has 0 radical (unpaired) electrons. The summed E-state index contributed by atoms with van der Waals surface area (Å²) >= 11 is 0. The fourth-order valence-corrected chi connectivity index (χ4v) is 2.28. The second kappa shape index (κ2) is 7.36. The van der Waals surface area contributed by atoms with Gasteiger partial charge in [0.1, 0.15) is 0 Å². The highest BCUT2D eigenvalue weighted by Crippen LogP contribution is 2.13. The van der Waals surface area contributed by atoms with Gasteiger partial charge in [0.2, 0.25) is 5.91 Å². The summed E-state index contributed by atoms with van der Waals surface area (Å²) in [5, 5.41) is 15.0. The van der Waals surface area contributed by atoms with Crippen LogP contribution in [0.5, 0.6) is 0 Å². The maximum Gasteiger partial charge on any atom is 0.308 e. The van der Waals surface area contributed by atoms with E-state index in [9.17, 15) is 9.59 Å². The monoisotopic (exact) mass is 256 g/mol. The first kappa shape index (κ1) is 15.0. The van der Waals surface area contributed by atoms with E-state index < -0.39 is 11.9 Å². The van der Waals surface area contributed by atoms with Crippen LogP contribution < -0.4 is 10.6 Å². The molecular weight excluding hydrogens is 232 g/mol. The van der Waals surface area contributed by atoms with Gasteiger partial charge in [0, 0.05) is 13.1 Å². The number of rotatable bonds is 6. The largest absolute Gasteiger partial charge is 0.481 e. The Bertz CT molecular complexity index is 286. The van der Waals surface area contributed by atoms with Crippen LogP contribution in [0.3, 0.4) is 0 Å². The topological polar surface area (TPSA) is 78.4 Å². The number of aliphatic carboxylic acids is 1. The second-order valence-electron chi connectivity index (χ2n) is 5.45. The number of nitrogens with one attached hydrogen (secondary N) is 2. The fraction of sp³-hybridized carbons (Fsp3) is 0.846. The third-order valence-electron chi connectivity index (χ3n) is 3.30. The summed E-state index contributed by atoms with van der Waals surface area (Å²) in [7, 11) is 0. The number of piperidine rings is 1. The molecule has 1 fully saturated rings. The van der Waals surface area contributed by atoms with Gasteiger partial charge in [0.05, 0.1) is 11.8 Å². The van der Waals surface area contributed by atoms with Crippen LogP contribution in [-0.2, 0) is 9.59 Å². The maximum atomic E-state index is 11.9. The SMILES string of the molecule is CC(C)CC(CNC(=O)C1CCCNC1)C(=O)O. The van der Waals surface area contributed by atoms with Crippen molar-refractivity contribution < 1.29 is 14.7 Å². The number of carbonyl (C=O) groups excluding carboxylic acids is 1. The average Bonchev–Trinajstić information content (AvgIpc) is 2.34. The van der Waals surface area contributed by atoms with Crippen LogP contribution in [0.1, 0.15) is 33.1 Å². The lowest BCUT2D eigenvalue weighted by Crippen LogP contribution is -2.43. The molecular formula is C13H24N2O3. The van der Waals surface area contributed by atoms with E-state index in [-0.39, 0.29) is 18.4 Å². The average molecular weight is 256 g/mol. The molecule has 5 heteroatoms. The second-order valence-corrected chi connectivity index (χ2v) is 5.45. The minimum Gasteiger partial charge on any atom is -0.481 e. The van der Waals surface area contributed by atoms with E-state index in [4.69, 9.17) is 5.11 Å². The maximum absolute atomic E-state index is 11.9. The van der Waals surface area contributed by atoms with Gasteiger partial charge < -0.3 is 15.7 Å². The molecule has 1 aliphatic heterocycles. The van der Waals surface area contributed by atoms with E-state index >= 15 is 0 Å². The van der Waals surface area contributed by atoms with Crippen molar-refractivity contribution in [2.24, 2.45) is 17.8 Å². The first-order valence-electron chi connectivity index (χ1n) is 6.72. The van der Waals surface area contributed by atoms with Gasteiger partial charge in [0.25, 0.3) is 0 Å². The lowest BCUT2D eigenvalue weighted by atomic mass is 9.95. The molecule has 1 rings (SSSR count). The Kier molecular flexibility index (Phi) is 6.12. The van der Waals surface area contributed by atoms with E-state index in [1.807, 2.05) is 13.8 Å². The van der Waals surface area contributed by atoms with Gasteiger partial charge in [0.15, 0.2) is 0 Å². The third kappa shape index (κ3) is 5.04. The zero-order chi connectivity index (χ0) is 13.5. The normalized spacial score (nSPS) is 21.6. The Hall–Kier alpha value is -1.10. The predicted octanol–water partition coefficient (Wildman–Crippen LogP) is 0.849. The number of amides is 1. The highest BCUT2D eigenvalue weighted by molar-refractivity contribution is 5.80. The summed E-state index contributed by atoms with van der Waals surface area (Å²) in [5.74, 6) is -1.01. The van der Waals surface area contributed by atoms with Crippen molar-refractivity contribution in [1.82, 2.24) is 10.6 Å². The summed E-state index contributed by atoms with van der Waals surface area (Å²) < 4.78 is 0. The van der Waals surface area contributed by atoms with Gasteiger partial charge >= 0.3 is 5.97 Å². The molecule has 0 spiro atoms. The van der Waals surface area contributed by atoms with Gasteiger partial charge in [-0.3, -0.25) is 9.59 Å². The van der Waals surface area contributed by atoms with Gasteiger partial charge in [-0.25, -0.2) is 0 Å². The summed E-state index contributed by atoms with van der Waals surface area (Å²) in [6.07, 6.45) is 2.49. The van der Waals surface area contributed by atoms with Crippen molar-refractivity contribution in [1.29, 1.82) is 0 Å². The smallest absolute Gasteiger partial charge is 0.308 e. The summed E-state index contributed by atoms with van der Waals surface area (Å²) in [6, 6.07) is 0. The number of carboxylic acid groups (broad SMARTS) is 1. The van der Waals surface area contributed by atoms with Crippen molar-refractivity contribution in [3.05, 3.63) is 0 Å². The number of carbonyl (C=O) groups is 2. The van der Waals surface area contributed by atoms with Crippen molar-refractivity contribution >= 4 is 11.9 Å². The minimum absolute atomic E-state index is 0.00718. The molecule has 2 unspecified atom stereocenters. The summed E-state index contributed by atoms with van der Waals surface area (Å²) in [5.41, 5.74) is 0. The van der Waals surface area contributed by atoms with E-state index in [0.717, 1.165) is 19.4 Å². The molecule has 1 aliphatic rings. The van der Waals surface area contributed by atoms with Gasteiger partial charge in [-0.1, -0.05) is 13.8 Å². The molecule has 1 amide bonds. The molecule has 0 aromatic carbocycles. The number of hydrogen-bond donors (Lipinski definition) is 3. The van der Waals surface area contributed by atoms with Crippen molar-refractivity contribution in [3.8, 4) is 0 Å². The van der Waals surface area contributed by atoms with E-state index in [1.165, 1.54) is 0 Å². The van der Waals surface area contributed by atoms with E-state index in [2.05, 4.69) is 10.6 Å². The molecule has 104 valence electrons. The molecule has 2 atom stereocenters. The Balaban J connectivity index is 2.36. The van der Waals surface area contributed by atoms with Crippen molar-refractivity contribution in [2.45, 2.75) is 33.1 Å². The Morgan fingerprint density at radius 2 is 2.17 bits per heavy atom. The highest BCUT2D eigenvalue weighted by atomic mass is 16.4. The van der Waals surface area contributed by atoms with Crippen LogP contribution in [0.2, 0.25) is 0 Å². The van der Waals surface area contributed by atoms with Crippen molar-refractivity contribution in [2.75, 3.05) is 19.6 Å². The molecule has 0 aromatic heterocycles. The summed E-state index contributed by atoms with van der Waals surface area (Å²) in [4.78, 5) is 22.9. The lowest BCUT2D eigenvalue weighted by Gasteiger charge is -2.23. The van der Waals surface area contributed by atoms with Gasteiger partial charge in [-0.05, 0) is 31.7 Å². The molecule has 1 saturated heterocycles. The van der Waals surface area contributed by atoms with Gasteiger partial charge in [-0.2, -0.15) is 0 Å². The quantitative estimate of drug-likeness (QED) is 0.658. The van der Waals surface area contributed by atoms with E-state index in [0.29, 0.717) is 18.9 Å². The molecule has 3 N–H and O–H groups in total. The van der Waals surface area contributed by atoms with Crippen molar-refractivity contribution in [3.63, 3.8) is 0 Å². The Morgan fingerprint density at radius 3 is 2.67 bits per heavy atom. The minimum atomic E-state index is -0.828. The van der Waals surface area contributed by atoms with Crippen LogP contribution in [0.15, 0.2) is 0 Å². The first-order chi connectivity index (χ1) is 8.50. The van der Waals surface area contributed by atoms with Crippen LogP contribution in [-0.4, -0.2) is 36.6 Å². The van der Waals surface area contributed by atoms with Crippen LogP contribution in [0.25, 0.3) is 0 Å². The predicted molar refractivity (Wildman–Crippen MR) is 69.2 cm³/mol. The molecule has 0 saturated carbocycles. The molecule has 0 aromatic rings. The molecule has 5 nitrogen and oxygen atoms in total. The third-order valence-corrected chi connectivity index (χ3v) is 3.30. The van der Waals surface area contributed by atoms with Gasteiger partial charge in [-0.15, -0.1) is 0 Å². The molecule has 0 bridgehead atoms. The molecule has 0 aliphatic carbocycles. The standard InChI is InChI=1S/C13H24N2O3/c1-9(2)6-11(13(17)18)8-15-12(16)10-4-3-5-14-7-10/h9-11,14H,3-8H2,1-2H3,(H,15,16)(H,17,18). The van der Waals surface area contributed by atoms with Crippen LogP contribution in [0, 0.1) is 17.8 Å². The zero-order valence-corrected chi connectivity index (χ0v) is 11.2. The number of carboxylic acids is 1. The fourth-order valence-electron chi connectivity index (χ4n) is 2.28. The van der Waals surface area contributed by atoms with Crippen LogP contribution in [0.4, 0.5) is 0 Å². The highest BCUT2D eigenvalue weighted by Gasteiger charge is 2.24. The van der Waals surface area contributed by atoms with E-state index in [1.54, 1.807) is 0 Å². The molecule has 1 heterocycles. The molecule has 18 heavy (non-hydrogen) atoms. The number of hydrogen-bond acceptors (Lipinski definition) is 3. The Morgan fingerprint density at radius 1 is 1.44 bits per heavy atom. The first-order valence-corrected chi connectivity index (χ1v) is 6.72. The Labute approximate surface area is 108 Å². The lowest BCUT2D eigenvalue weighted by molar-refractivity contribution is -0.142.